The van der Waals surface area contributed by atoms with E-state index in [2.05, 4.69) is 21.2 Å². The monoisotopic (exact) mass is 372 g/mol. The summed E-state index contributed by atoms with van der Waals surface area (Å²) < 4.78 is 18.7. The number of hydrogen-bond donors (Lipinski definition) is 2. The standard InChI is InChI=1S/C14H11BrClFN2O2/c15-11-5-9(17)6-12(18)14(11)21-7-13(20)19-10-3-1-8(16)2-4-10/h1-6H,7,18H2,(H,19,20). The number of nitrogens with two attached hydrogens (primary N) is 1. The van der Waals surface area contributed by atoms with Crippen molar-refractivity contribution in [1.29, 1.82) is 0 Å². The Kier molecular flexibility index (Phi) is 5.03. The molecule has 2 aromatic carbocycles. The molecular formula is C14H11BrClFN2O2. The lowest BCUT2D eigenvalue weighted by Gasteiger charge is -2.11. The van der Waals surface area contributed by atoms with Crippen LogP contribution in [0.1, 0.15) is 0 Å². The molecule has 2 rings (SSSR count). The number of nitrogens with one attached hydrogen (secondary N) is 1. The van der Waals surface area contributed by atoms with Gasteiger partial charge in [0.25, 0.3) is 5.91 Å². The number of amides is 1. The summed E-state index contributed by atoms with van der Waals surface area (Å²) in [4.78, 5) is 11.8. The molecule has 0 radical (unpaired) electrons. The van der Waals surface area contributed by atoms with E-state index in [4.69, 9.17) is 22.1 Å². The lowest BCUT2D eigenvalue weighted by Crippen LogP contribution is -2.20. The third-order valence-electron chi connectivity index (χ3n) is 2.51. The van der Waals surface area contributed by atoms with Gasteiger partial charge in [0.2, 0.25) is 0 Å². The van der Waals surface area contributed by atoms with Crippen LogP contribution in [0.2, 0.25) is 5.02 Å². The Morgan fingerprint density at radius 1 is 1.33 bits per heavy atom. The second kappa shape index (κ2) is 6.78. The van der Waals surface area contributed by atoms with Gasteiger partial charge in [0, 0.05) is 16.8 Å². The molecule has 0 aliphatic rings. The van der Waals surface area contributed by atoms with Gasteiger partial charge in [0.15, 0.2) is 12.4 Å². The van der Waals surface area contributed by atoms with E-state index in [9.17, 15) is 9.18 Å². The molecule has 0 saturated carbocycles. The number of nitrogen functional groups attached to an aromatic ring is 1. The topological polar surface area (TPSA) is 64.3 Å². The Hall–Kier alpha value is -1.79. The van der Waals surface area contributed by atoms with Crippen LogP contribution in [-0.4, -0.2) is 12.5 Å². The minimum atomic E-state index is -0.489. The van der Waals surface area contributed by atoms with Crippen molar-refractivity contribution in [3.63, 3.8) is 0 Å². The largest absolute Gasteiger partial charge is 0.480 e. The van der Waals surface area contributed by atoms with E-state index in [0.29, 0.717) is 15.2 Å². The molecule has 2 aromatic rings. The second-order valence-electron chi connectivity index (χ2n) is 4.15. The normalized spacial score (nSPS) is 10.2. The van der Waals surface area contributed by atoms with Crippen LogP contribution in [-0.2, 0) is 4.79 Å². The van der Waals surface area contributed by atoms with Crippen LogP contribution in [0.15, 0.2) is 40.9 Å². The van der Waals surface area contributed by atoms with E-state index < -0.39 is 5.82 Å². The summed E-state index contributed by atoms with van der Waals surface area (Å²) in [6.07, 6.45) is 0. The number of halogens is 3. The van der Waals surface area contributed by atoms with E-state index in [-0.39, 0.29) is 24.0 Å². The van der Waals surface area contributed by atoms with Crippen molar-refractivity contribution >= 4 is 44.8 Å². The van der Waals surface area contributed by atoms with Gasteiger partial charge in [-0.15, -0.1) is 0 Å². The summed E-state index contributed by atoms with van der Waals surface area (Å²) in [5, 5.41) is 3.21. The van der Waals surface area contributed by atoms with E-state index in [0.717, 1.165) is 6.07 Å². The van der Waals surface area contributed by atoms with Crippen LogP contribution >= 0.6 is 27.5 Å². The minimum Gasteiger partial charge on any atom is -0.480 e. The van der Waals surface area contributed by atoms with Gasteiger partial charge < -0.3 is 15.8 Å². The molecule has 4 nitrogen and oxygen atoms in total. The fourth-order valence-corrected chi connectivity index (χ4v) is 2.29. The van der Waals surface area contributed by atoms with Gasteiger partial charge in [-0.3, -0.25) is 4.79 Å². The second-order valence-corrected chi connectivity index (χ2v) is 5.44. The lowest BCUT2D eigenvalue weighted by molar-refractivity contribution is -0.118. The van der Waals surface area contributed by atoms with Gasteiger partial charge in [-0.25, -0.2) is 4.39 Å². The predicted molar refractivity (Wildman–Crippen MR) is 84.1 cm³/mol. The molecule has 0 heterocycles. The molecule has 0 aliphatic carbocycles. The first-order valence-electron chi connectivity index (χ1n) is 5.88. The van der Waals surface area contributed by atoms with Crippen molar-refractivity contribution in [2.45, 2.75) is 0 Å². The number of carbonyl (C=O) groups excluding carboxylic acids is 1. The van der Waals surface area contributed by atoms with E-state index in [1.807, 2.05) is 0 Å². The maximum Gasteiger partial charge on any atom is 0.262 e. The number of anilines is 2. The highest BCUT2D eigenvalue weighted by atomic mass is 79.9. The summed E-state index contributed by atoms with van der Waals surface area (Å²) >= 11 is 8.88. The zero-order valence-electron chi connectivity index (χ0n) is 10.7. The molecule has 0 spiro atoms. The van der Waals surface area contributed by atoms with Crippen molar-refractivity contribution in [2.24, 2.45) is 0 Å². The fraction of sp³-hybridized carbons (Fsp3) is 0.0714. The molecule has 110 valence electrons. The van der Waals surface area contributed by atoms with Gasteiger partial charge in [-0.1, -0.05) is 11.6 Å². The zero-order chi connectivity index (χ0) is 15.4. The van der Waals surface area contributed by atoms with Gasteiger partial charge >= 0.3 is 0 Å². The molecule has 0 aromatic heterocycles. The molecule has 0 aliphatic heterocycles. The first-order valence-corrected chi connectivity index (χ1v) is 7.05. The van der Waals surface area contributed by atoms with E-state index in [1.165, 1.54) is 6.07 Å². The molecule has 21 heavy (non-hydrogen) atoms. The summed E-state index contributed by atoms with van der Waals surface area (Å²) in [6, 6.07) is 8.99. The van der Waals surface area contributed by atoms with Crippen LogP contribution in [0.25, 0.3) is 0 Å². The number of benzene rings is 2. The van der Waals surface area contributed by atoms with E-state index in [1.54, 1.807) is 24.3 Å². The average Bonchev–Trinajstić information content (AvgIpc) is 2.40. The molecule has 0 atom stereocenters. The predicted octanol–water partition coefficient (Wildman–Crippen LogP) is 3.84. The van der Waals surface area contributed by atoms with Gasteiger partial charge in [0.1, 0.15) is 5.82 Å². The zero-order valence-corrected chi connectivity index (χ0v) is 13.0. The van der Waals surface area contributed by atoms with Crippen molar-refractivity contribution in [1.82, 2.24) is 0 Å². The number of hydrogen-bond acceptors (Lipinski definition) is 3. The Labute approximate surface area is 134 Å². The minimum absolute atomic E-state index is 0.112. The van der Waals surface area contributed by atoms with Gasteiger partial charge in [0.05, 0.1) is 10.2 Å². The molecule has 0 bridgehead atoms. The highest BCUT2D eigenvalue weighted by Gasteiger charge is 2.11. The molecule has 0 fully saturated rings. The first kappa shape index (κ1) is 15.6. The summed E-state index contributed by atoms with van der Waals surface area (Å²) in [7, 11) is 0. The molecular weight excluding hydrogens is 363 g/mol. The van der Waals surface area contributed by atoms with Gasteiger partial charge in [-0.05, 0) is 46.3 Å². The average molecular weight is 374 g/mol. The Morgan fingerprint density at radius 3 is 2.62 bits per heavy atom. The van der Waals surface area contributed by atoms with Crippen LogP contribution in [0.5, 0.6) is 5.75 Å². The highest BCUT2D eigenvalue weighted by Crippen LogP contribution is 2.32. The lowest BCUT2D eigenvalue weighted by atomic mass is 10.3. The third kappa shape index (κ3) is 4.34. The maximum atomic E-state index is 13.1. The van der Waals surface area contributed by atoms with Crippen molar-refractivity contribution in [3.05, 3.63) is 51.7 Å². The van der Waals surface area contributed by atoms with Crippen LogP contribution < -0.4 is 15.8 Å². The summed E-state index contributed by atoms with van der Waals surface area (Å²) in [6.45, 7) is -0.253. The number of carbonyl (C=O) groups is 1. The summed E-state index contributed by atoms with van der Waals surface area (Å²) in [5.41, 5.74) is 6.34. The Balaban J connectivity index is 1.97. The van der Waals surface area contributed by atoms with Crippen molar-refractivity contribution < 1.29 is 13.9 Å². The maximum absolute atomic E-state index is 13.1. The van der Waals surface area contributed by atoms with Crippen LogP contribution in [0, 0.1) is 5.82 Å². The van der Waals surface area contributed by atoms with Crippen LogP contribution in [0.3, 0.4) is 0 Å². The quantitative estimate of drug-likeness (QED) is 0.800. The highest BCUT2D eigenvalue weighted by molar-refractivity contribution is 9.10. The summed E-state index contributed by atoms with van der Waals surface area (Å²) in [5.74, 6) is -0.632. The Morgan fingerprint density at radius 2 is 2.00 bits per heavy atom. The van der Waals surface area contributed by atoms with Crippen LogP contribution in [0.4, 0.5) is 15.8 Å². The smallest absolute Gasteiger partial charge is 0.262 e. The van der Waals surface area contributed by atoms with Crippen molar-refractivity contribution in [3.8, 4) is 5.75 Å². The molecule has 7 heteroatoms. The third-order valence-corrected chi connectivity index (χ3v) is 3.35. The molecule has 0 saturated heterocycles. The molecule has 3 N–H and O–H groups in total. The van der Waals surface area contributed by atoms with Gasteiger partial charge in [-0.2, -0.15) is 0 Å². The molecule has 1 amide bonds. The Bertz CT molecular complexity index is 642. The SMILES string of the molecule is Nc1cc(F)cc(Br)c1OCC(=O)Nc1ccc(Cl)cc1. The van der Waals surface area contributed by atoms with Crippen molar-refractivity contribution in [2.75, 3.05) is 17.7 Å². The number of ether oxygens (including phenoxy) is 1. The first-order chi connectivity index (χ1) is 9.95. The molecule has 0 unspecified atom stereocenters. The fourth-order valence-electron chi connectivity index (χ4n) is 1.60. The number of rotatable bonds is 4. The van der Waals surface area contributed by atoms with E-state index >= 15 is 0 Å².